The van der Waals surface area contributed by atoms with Gasteiger partial charge in [-0.05, 0) is 62.3 Å². The second-order valence-electron chi connectivity index (χ2n) is 8.01. The summed E-state index contributed by atoms with van der Waals surface area (Å²) in [4.78, 5) is 38.4. The number of rotatable bonds is 5. The highest BCUT2D eigenvalue weighted by molar-refractivity contribution is 7.17. The minimum atomic E-state index is -4.55. The molecule has 2 aliphatic rings. The first kappa shape index (κ1) is 24.7. The lowest BCUT2D eigenvalue weighted by Gasteiger charge is -2.15. The second-order valence-corrected chi connectivity index (χ2v) is 10.2. The van der Waals surface area contributed by atoms with Crippen LogP contribution in [0.5, 0.6) is 0 Å². The number of ether oxygens (including phenoxy) is 1. The molecule has 0 atom stereocenters. The van der Waals surface area contributed by atoms with Gasteiger partial charge in [0.15, 0.2) is 0 Å². The number of alkyl halides is 3. The maximum absolute atomic E-state index is 13.6. The number of halogens is 3. The Bertz CT molecular complexity index is 1120. The molecule has 0 saturated carbocycles. The van der Waals surface area contributed by atoms with Crippen LogP contribution in [-0.4, -0.2) is 30.9 Å². The maximum Gasteiger partial charge on any atom is 0.425 e. The Labute approximate surface area is 202 Å². The number of anilines is 1. The Balaban J connectivity index is 1.50. The van der Waals surface area contributed by atoms with E-state index in [1.165, 1.54) is 11.3 Å². The van der Waals surface area contributed by atoms with Crippen molar-refractivity contribution in [2.45, 2.75) is 58.3 Å². The number of aryl methyl sites for hydroxylation is 1. The Morgan fingerprint density at radius 3 is 2.53 bits per heavy atom. The Hall–Kier alpha value is -2.44. The smallest absolute Gasteiger partial charge is 0.425 e. The average Bonchev–Trinajstić information content (AvgIpc) is 3.35. The van der Waals surface area contributed by atoms with Crippen LogP contribution in [0.2, 0.25) is 0 Å². The second kappa shape index (κ2) is 10.0. The van der Waals surface area contributed by atoms with Crippen LogP contribution in [0.1, 0.15) is 61.4 Å². The zero-order chi connectivity index (χ0) is 24.5. The summed E-state index contributed by atoms with van der Waals surface area (Å²) < 4.78 is 45.8. The molecular formula is C22H24F3N3O4S2. The van der Waals surface area contributed by atoms with E-state index in [0.29, 0.717) is 47.7 Å². The fourth-order valence-electron chi connectivity index (χ4n) is 4.30. The van der Waals surface area contributed by atoms with Crippen molar-refractivity contribution < 1.29 is 32.3 Å². The van der Waals surface area contributed by atoms with Gasteiger partial charge >= 0.3 is 24.0 Å². The molecule has 0 unspecified atom stereocenters. The van der Waals surface area contributed by atoms with Crippen LogP contribution >= 0.6 is 22.7 Å². The molecule has 3 heterocycles. The Morgan fingerprint density at radius 2 is 1.79 bits per heavy atom. The van der Waals surface area contributed by atoms with Gasteiger partial charge in [-0.3, -0.25) is 9.59 Å². The van der Waals surface area contributed by atoms with Crippen molar-refractivity contribution in [3.8, 4) is 0 Å². The van der Waals surface area contributed by atoms with Gasteiger partial charge in [0.05, 0.1) is 12.2 Å². The summed E-state index contributed by atoms with van der Waals surface area (Å²) in [6, 6.07) is 0. The quantitative estimate of drug-likeness (QED) is 0.416. The fraction of sp³-hybridized carbons (Fsp3) is 0.500. The van der Waals surface area contributed by atoms with Crippen molar-refractivity contribution in [1.29, 1.82) is 0 Å². The molecule has 2 aromatic rings. The predicted molar refractivity (Wildman–Crippen MR) is 122 cm³/mol. The minimum absolute atomic E-state index is 0.00829. The third-order valence-corrected chi connectivity index (χ3v) is 8.33. The molecule has 34 heavy (non-hydrogen) atoms. The van der Waals surface area contributed by atoms with E-state index in [-0.39, 0.29) is 22.7 Å². The molecule has 1 aliphatic heterocycles. The SMILES string of the molecule is CCOC(=O)c1c(NC(=O)C(=O)NCc2c(C(F)(F)F)sc3c2CCNC3)sc2c1CCCC2. The van der Waals surface area contributed by atoms with E-state index in [9.17, 15) is 27.6 Å². The standard InChI is InChI=1S/C22H24F3N3O4S2/c1-2-32-21(31)16-12-5-3-4-6-14(12)34-20(16)28-19(30)18(29)27-9-13-11-7-8-26-10-15(11)33-17(13)22(23,24)25/h26H,2-10H2,1H3,(H,27,29)(H,28,30). The summed E-state index contributed by atoms with van der Waals surface area (Å²) in [5, 5.41) is 8.09. The normalized spacial score (nSPS) is 15.3. The highest BCUT2D eigenvalue weighted by Gasteiger charge is 2.38. The van der Waals surface area contributed by atoms with Crippen LogP contribution < -0.4 is 16.0 Å². The van der Waals surface area contributed by atoms with Crippen molar-refractivity contribution in [3.63, 3.8) is 0 Å². The average molecular weight is 516 g/mol. The fourth-order valence-corrected chi connectivity index (χ4v) is 6.77. The highest BCUT2D eigenvalue weighted by atomic mass is 32.1. The first-order valence-corrected chi connectivity index (χ1v) is 12.7. The number of carbonyl (C=O) groups excluding carboxylic acids is 3. The van der Waals surface area contributed by atoms with Crippen molar-refractivity contribution in [1.82, 2.24) is 10.6 Å². The van der Waals surface area contributed by atoms with Crippen LogP contribution in [0.25, 0.3) is 0 Å². The van der Waals surface area contributed by atoms with Gasteiger partial charge in [0, 0.05) is 22.8 Å². The first-order valence-electron chi connectivity index (χ1n) is 11.0. The summed E-state index contributed by atoms with van der Waals surface area (Å²) in [5.74, 6) is -2.67. The van der Waals surface area contributed by atoms with Crippen molar-refractivity contribution >= 4 is 45.5 Å². The third-order valence-electron chi connectivity index (χ3n) is 5.80. The van der Waals surface area contributed by atoms with E-state index in [4.69, 9.17) is 4.74 Å². The van der Waals surface area contributed by atoms with E-state index in [0.717, 1.165) is 29.7 Å². The molecule has 3 N–H and O–H groups in total. The zero-order valence-corrected chi connectivity index (χ0v) is 20.1. The van der Waals surface area contributed by atoms with Gasteiger partial charge in [-0.25, -0.2) is 4.79 Å². The van der Waals surface area contributed by atoms with Gasteiger partial charge in [0.1, 0.15) is 9.88 Å². The van der Waals surface area contributed by atoms with E-state index in [1.54, 1.807) is 6.92 Å². The molecule has 0 aromatic carbocycles. The van der Waals surface area contributed by atoms with Crippen LogP contribution in [0.15, 0.2) is 0 Å². The lowest BCUT2D eigenvalue weighted by Crippen LogP contribution is -2.36. The molecule has 0 radical (unpaired) electrons. The van der Waals surface area contributed by atoms with Crippen LogP contribution in [0.3, 0.4) is 0 Å². The van der Waals surface area contributed by atoms with E-state index < -0.39 is 35.4 Å². The van der Waals surface area contributed by atoms with Crippen LogP contribution in [0, 0.1) is 0 Å². The molecule has 1 aliphatic carbocycles. The number of thiophene rings is 2. The van der Waals surface area contributed by atoms with Crippen LogP contribution in [-0.2, 0) is 52.9 Å². The largest absolute Gasteiger partial charge is 0.462 e. The van der Waals surface area contributed by atoms with Gasteiger partial charge in [-0.15, -0.1) is 22.7 Å². The van der Waals surface area contributed by atoms with E-state index >= 15 is 0 Å². The lowest BCUT2D eigenvalue weighted by atomic mass is 9.95. The molecule has 0 spiro atoms. The molecule has 0 bridgehead atoms. The Kier molecular flexibility index (Phi) is 7.29. The number of hydrogen-bond donors (Lipinski definition) is 3. The van der Waals surface area contributed by atoms with Gasteiger partial charge in [-0.2, -0.15) is 13.2 Å². The molecular weight excluding hydrogens is 491 g/mol. The summed E-state index contributed by atoms with van der Waals surface area (Å²) in [5.41, 5.74) is 1.68. The van der Waals surface area contributed by atoms with E-state index in [2.05, 4.69) is 16.0 Å². The number of esters is 1. The molecule has 0 saturated heterocycles. The van der Waals surface area contributed by atoms with Crippen molar-refractivity contribution in [2.75, 3.05) is 18.5 Å². The monoisotopic (exact) mass is 515 g/mol. The van der Waals surface area contributed by atoms with Crippen molar-refractivity contribution in [2.24, 2.45) is 0 Å². The number of carbonyl (C=O) groups is 3. The lowest BCUT2D eigenvalue weighted by molar-refractivity contribution is -0.137. The third kappa shape index (κ3) is 4.98. The maximum atomic E-state index is 13.6. The first-order chi connectivity index (χ1) is 16.2. The van der Waals surface area contributed by atoms with Gasteiger partial charge in [0.25, 0.3) is 0 Å². The summed E-state index contributed by atoms with van der Waals surface area (Å²) in [6.07, 6.45) is -0.803. The predicted octanol–water partition coefficient (Wildman–Crippen LogP) is 3.78. The number of amides is 2. The van der Waals surface area contributed by atoms with Gasteiger partial charge < -0.3 is 20.7 Å². The molecule has 4 rings (SSSR count). The van der Waals surface area contributed by atoms with E-state index in [1.807, 2.05) is 0 Å². The summed E-state index contributed by atoms with van der Waals surface area (Å²) >= 11 is 1.90. The van der Waals surface area contributed by atoms with Crippen LogP contribution in [0.4, 0.5) is 18.2 Å². The minimum Gasteiger partial charge on any atom is -0.462 e. The molecule has 2 aromatic heterocycles. The van der Waals surface area contributed by atoms with Crippen molar-refractivity contribution in [3.05, 3.63) is 36.9 Å². The highest BCUT2D eigenvalue weighted by Crippen LogP contribution is 2.42. The topological polar surface area (TPSA) is 96.5 Å². The summed E-state index contributed by atoms with van der Waals surface area (Å²) in [6.45, 7) is 2.33. The zero-order valence-electron chi connectivity index (χ0n) is 18.4. The van der Waals surface area contributed by atoms with Gasteiger partial charge in [-0.1, -0.05) is 0 Å². The number of hydrogen-bond acceptors (Lipinski definition) is 7. The number of fused-ring (bicyclic) bond motifs is 2. The molecule has 12 heteroatoms. The Morgan fingerprint density at radius 1 is 1.03 bits per heavy atom. The molecule has 2 amide bonds. The molecule has 184 valence electrons. The van der Waals surface area contributed by atoms with Gasteiger partial charge in [0.2, 0.25) is 0 Å². The molecule has 7 nitrogen and oxygen atoms in total. The molecule has 0 fully saturated rings. The number of nitrogens with one attached hydrogen (secondary N) is 3. The summed E-state index contributed by atoms with van der Waals surface area (Å²) in [7, 11) is 0.